The Hall–Kier alpha value is -2.83. The standard InChI is InChI=1S/C26H30N2O4/c1-15-6-19(7-16(2)25(15)31-13-21-11-29-21)23-10-24(28(5)27-23)20-8-17(3)26(18(4)9-20)32-14-22-12-30-22/h6-10,21-22H,11-14H2,1-5H3. The first-order valence-corrected chi connectivity index (χ1v) is 11.1. The molecule has 2 aromatic carbocycles. The van der Waals surface area contributed by atoms with Gasteiger partial charge in [0, 0.05) is 18.2 Å². The minimum Gasteiger partial charge on any atom is -0.490 e. The summed E-state index contributed by atoms with van der Waals surface area (Å²) in [6.07, 6.45) is 0.497. The van der Waals surface area contributed by atoms with E-state index >= 15 is 0 Å². The minimum atomic E-state index is 0.248. The molecule has 6 heteroatoms. The molecule has 168 valence electrons. The van der Waals surface area contributed by atoms with E-state index in [1.54, 1.807) is 0 Å². The molecule has 2 unspecified atom stereocenters. The molecule has 32 heavy (non-hydrogen) atoms. The van der Waals surface area contributed by atoms with E-state index < -0.39 is 0 Å². The fourth-order valence-corrected chi connectivity index (χ4v) is 4.21. The summed E-state index contributed by atoms with van der Waals surface area (Å²) < 4.78 is 24.5. The Bertz CT molecular complexity index is 1110. The molecule has 2 aliphatic heterocycles. The number of benzene rings is 2. The first kappa shape index (κ1) is 21.0. The van der Waals surface area contributed by atoms with Gasteiger partial charge in [0.15, 0.2) is 0 Å². The lowest BCUT2D eigenvalue weighted by Crippen LogP contribution is -2.06. The predicted octanol–water partition coefficient (Wildman–Crippen LogP) is 4.54. The molecule has 0 radical (unpaired) electrons. The van der Waals surface area contributed by atoms with Crippen molar-refractivity contribution in [1.82, 2.24) is 9.78 Å². The first-order valence-electron chi connectivity index (χ1n) is 11.1. The summed E-state index contributed by atoms with van der Waals surface area (Å²) in [6, 6.07) is 10.8. The van der Waals surface area contributed by atoms with Crippen molar-refractivity contribution in [3.05, 3.63) is 52.6 Å². The normalized spacial score (nSPS) is 19.2. The van der Waals surface area contributed by atoms with Gasteiger partial charge in [-0.25, -0.2) is 0 Å². The Morgan fingerprint density at radius 2 is 1.22 bits per heavy atom. The molecule has 0 saturated carbocycles. The molecule has 1 aromatic heterocycles. The molecule has 0 amide bonds. The maximum Gasteiger partial charge on any atom is 0.125 e. The molecule has 3 aromatic rings. The number of rotatable bonds is 8. The van der Waals surface area contributed by atoms with Gasteiger partial charge in [0.25, 0.3) is 0 Å². The fraction of sp³-hybridized carbons (Fsp3) is 0.423. The Morgan fingerprint density at radius 3 is 1.66 bits per heavy atom. The van der Waals surface area contributed by atoms with Crippen molar-refractivity contribution < 1.29 is 18.9 Å². The van der Waals surface area contributed by atoms with Crippen LogP contribution in [0.15, 0.2) is 30.3 Å². The fourth-order valence-electron chi connectivity index (χ4n) is 4.21. The van der Waals surface area contributed by atoms with Gasteiger partial charge < -0.3 is 18.9 Å². The van der Waals surface area contributed by atoms with Crippen LogP contribution in [0, 0.1) is 27.7 Å². The van der Waals surface area contributed by atoms with E-state index in [2.05, 4.69) is 58.0 Å². The van der Waals surface area contributed by atoms with Crippen molar-refractivity contribution in [3.63, 3.8) is 0 Å². The molecule has 3 heterocycles. The third-order valence-electron chi connectivity index (χ3n) is 6.02. The van der Waals surface area contributed by atoms with Crippen LogP contribution in [0.4, 0.5) is 0 Å². The Balaban J connectivity index is 1.41. The van der Waals surface area contributed by atoms with E-state index in [9.17, 15) is 0 Å². The Morgan fingerprint density at radius 1 is 0.781 bits per heavy atom. The van der Waals surface area contributed by atoms with Gasteiger partial charge in [-0.2, -0.15) is 5.10 Å². The van der Waals surface area contributed by atoms with Crippen LogP contribution in [0.5, 0.6) is 11.5 Å². The van der Waals surface area contributed by atoms with Crippen LogP contribution in [0.25, 0.3) is 22.5 Å². The van der Waals surface area contributed by atoms with Crippen LogP contribution in [0.2, 0.25) is 0 Å². The highest BCUT2D eigenvalue weighted by Gasteiger charge is 2.25. The third kappa shape index (κ3) is 4.38. The van der Waals surface area contributed by atoms with Gasteiger partial charge in [0.05, 0.1) is 24.6 Å². The predicted molar refractivity (Wildman–Crippen MR) is 123 cm³/mol. The highest BCUT2D eigenvalue weighted by molar-refractivity contribution is 5.72. The number of aromatic nitrogens is 2. The number of hydrogen-bond acceptors (Lipinski definition) is 5. The zero-order valence-corrected chi connectivity index (χ0v) is 19.4. The number of aryl methyl sites for hydroxylation is 5. The molecule has 2 atom stereocenters. The molecule has 0 aliphatic carbocycles. The lowest BCUT2D eigenvalue weighted by Gasteiger charge is -2.13. The molecule has 0 bridgehead atoms. The van der Waals surface area contributed by atoms with Crippen LogP contribution in [-0.2, 0) is 16.5 Å². The van der Waals surface area contributed by atoms with Crippen molar-refractivity contribution in [2.24, 2.45) is 7.05 Å². The first-order chi connectivity index (χ1) is 15.4. The second-order valence-corrected chi connectivity index (χ2v) is 8.95. The van der Waals surface area contributed by atoms with Crippen molar-refractivity contribution in [3.8, 4) is 34.0 Å². The molecule has 2 saturated heterocycles. The van der Waals surface area contributed by atoms with Gasteiger partial charge in [0.1, 0.15) is 36.9 Å². The Labute approximate surface area is 189 Å². The number of ether oxygens (including phenoxy) is 4. The summed E-state index contributed by atoms with van der Waals surface area (Å²) >= 11 is 0. The third-order valence-corrected chi connectivity index (χ3v) is 6.02. The van der Waals surface area contributed by atoms with Crippen molar-refractivity contribution in [2.75, 3.05) is 26.4 Å². The molecule has 0 N–H and O–H groups in total. The maximum absolute atomic E-state index is 6.00. The minimum absolute atomic E-state index is 0.248. The topological polar surface area (TPSA) is 61.3 Å². The van der Waals surface area contributed by atoms with E-state index in [-0.39, 0.29) is 12.2 Å². The Kier molecular flexibility index (Phi) is 5.43. The van der Waals surface area contributed by atoms with E-state index in [0.29, 0.717) is 13.2 Å². The van der Waals surface area contributed by atoms with Crippen LogP contribution < -0.4 is 9.47 Å². The molecule has 0 spiro atoms. The molecular weight excluding hydrogens is 404 g/mol. The van der Waals surface area contributed by atoms with Crippen molar-refractivity contribution >= 4 is 0 Å². The van der Waals surface area contributed by atoms with Gasteiger partial charge in [-0.15, -0.1) is 0 Å². The lowest BCUT2D eigenvalue weighted by atomic mass is 10.0. The highest BCUT2D eigenvalue weighted by atomic mass is 16.6. The maximum atomic E-state index is 6.00. The summed E-state index contributed by atoms with van der Waals surface area (Å²) in [5, 5.41) is 4.81. The number of hydrogen-bond donors (Lipinski definition) is 0. The van der Waals surface area contributed by atoms with E-state index in [4.69, 9.17) is 24.0 Å². The van der Waals surface area contributed by atoms with Crippen molar-refractivity contribution in [1.29, 1.82) is 0 Å². The zero-order valence-electron chi connectivity index (χ0n) is 19.4. The smallest absolute Gasteiger partial charge is 0.125 e. The van der Waals surface area contributed by atoms with E-state index in [1.165, 1.54) is 0 Å². The molecule has 5 rings (SSSR count). The summed E-state index contributed by atoms with van der Waals surface area (Å²) in [4.78, 5) is 0. The number of epoxide rings is 2. The summed E-state index contributed by atoms with van der Waals surface area (Å²) in [5.41, 5.74) is 8.72. The summed E-state index contributed by atoms with van der Waals surface area (Å²) in [6.45, 7) is 11.2. The van der Waals surface area contributed by atoms with Gasteiger partial charge >= 0.3 is 0 Å². The molecular formula is C26H30N2O4. The SMILES string of the molecule is Cc1cc(-c2cc(-c3cc(C)c(OCC4CO4)c(C)c3)n(C)n2)cc(C)c1OCC1CO1. The quantitative estimate of drug-likeness (QED) is 0.487. The second-order valence-electron chi connectivity index (χ2n) is 8.95. The second kappa shape index (κ2) is 8.26. The average molecular weight is 435 g/mol. The van der Waals surface area contributed by atoms with Crippen LogP contribution in [0.3, 0.4) is 0 Å². The van der Waals surface area contributed by atoms with Gasteiger partial charge in [0.2, 0.25) is 0 Å². The van der Waals surface area contributed by atoms with Crippen LogP contribution in [-0.4, -0.2) is 48.4 Å². The van der Waals surface area contributed by atoms with Crippen LogP contribution in [0.1, 0.15) is 22.3 Å². The van der Waals surface area contributed by atoms with Gasteiger partial charge in [-0.3, -0.25) is 4.68 Å². The summed E-state index contributed by atoms with van der Waals surface area (Å²) in [7, 11) is 1.99. The molecule has 6 nitrogen and oxygen atoms in total. The van der Waals surface area contributed by atoms with E-state index in [0.717, 1.165) is 69.5 Å². The molecule has 2 fully saturated rings. The van der Waals surface area contributed by atoms with Gasteiger partial charge in [-0.05, 0) is 80.3 Å². The lowest BCUT2D eigenvalue weighted by molar-refractivity contribution is 0.260. The molecule has 2 aliphatic rings. The zero-order chi connectivity index (χ0) is 22.4. The van der Waals surface area contributed by atoms with Gasteiger partial charge in [-0.1, -0.05) is 0 Å². The summed E-state index contributed by atoms with van der Waals surface area (Å²) in [5.74, 6) is 1.89. The monoisotopic (exact) mass is 434 g/mol. The van der Waals surface area contributed by atoms with E-state index in [1.807, 2.05) is 11.7 Å². The number of nitrogens with zero attached hydrogens (tertiary/aromatic N) is 2. The average Bonchev–Trinajstić information content (AvgIpc) is 3.66. The highest BCUT2D eigenvalue weighted by Crippen LogP contribution is 2.34. The van der Waals surface area contributed by atoms with Crippen molar-refractivity contribution in [2.45, 2.75) is 39.9 Å². The van der Waals surface area contributed by atoms with Crippen LogP contribution >= 0.6 is 0 Å². The largest absolute Gasteiger partial charge is 0.490 e.